The monoisotopic (exact) mass is 378 g/mol. The molecule has 0 unspecified atom stereocenters. The Bertz CT molecular complexity index is 830. The van der Waals surface area contributed by atoms with Crippen molar-refractivity contribution in [3.8, 4) is 5.75 Å². The molecule has 1 aliphatic rings. The number of piperazine rings is 1. The van der Waals surface area contributed by atoms with E-state index >= 15 is 0 Å². The van der Waals surface area contributed by atoms with Crippen LogP contribution in [0.1, 0.15) is 18.5 Å². The topological polar surface area (TPSA) is 49.9 Å². The second-order valence-corrected chi connectivity index (χ2v) is 8.28. The minimum atomic E-state index is -3.50. The van der Waals surface area contributed by atoms with Crippen molar-refractivity contribution in [2.75, 3.05) is 33.3 Å². The first-order chi connectivity index (χ1) is 12.4. The number of halogens is 1. The number of ether oxygens (including phenoxy) is 1. The Hall–Kier alpha value is -1.96. The molecule has 0 aromatic heterocycles. The molecule has 3 rings (SSSR count). The summed E-state index contributed by atoms with van der Waals surface area (Å²) in [5, 5.41) is 0. The van der Waals surface area contributed by atoms with Crippen LogP contribution < -0.4 is 4.74 Å². The molecule has 1 heterocycles. The molecule has 7 heteroatoms. The van der Waals surface area contributed by atoms with Crippen molar-refractivity contribution < 1.29 is 17.5 Å². The highest BCUT2D eigenvalue weighted by Crippen LogP contribution is 2.25. The van der Waals surface area contributed by atoms with E-state index < -0.39 is 10.0 Å². The molecule has 0 spiro atoms. The van der Waals surface area contributed by atoms with Gasteiger partial charge in [-0.2, -0.15) is 4.31 Å². The summed E-state index contributed by atoms with van der Waals surface area (Å²) in [6.07, 6.45) is 0. The lowest BCUT2D eigenvalue weighted by atomic mass is 10.1. The third-order valence-corrected chi connectivity index (χ3v) is 6.78. The van der Waals surface area contributed by atoms with Crippen LogP contribution in [0.15, 0.2) is 53.4 Å². The molecule has 1 aliphatic heterocycles. The third-order valence-electron chi connectivity index (χ3n) is 4.87. The Morgan fingerprint density at radius 2 is 1.54 bits per heavy atom. The molecule has 140 valence electrons. The van der Waals surface area contributed by atoms with E-state index in [0.29, 0.717) is 31.9 Å². The predicted octanol–water partition coefficient (Wildman–Crippen LogP) is 2.90. The second-order valence-electron chi connectivity index (χ2n) is 6.34. The summed E-state index contributed by atoms with van der Waals surface area (Å²) in [6, 6.07) is 13.0. The Labute approximate surface area is 154 Å². The van der Waals surface area contributed by atoms with Crippen LogP contribution in [-0.4, -0.2) is 50.9 Å². The maximum Gasteiger partial charge on any atom is 0.243 e. The van der Waals surface area contributed by atoms with Gasteiger partial charge in [-0.3, -0.25) is 4.90 Å². The fraction of sp³-hybridized carbons (Fsp3) is 0.368. The quantitative estimate of drug-likeness (QED) is 0.803. The lowest BCUT2D eigenvalue weighted by molar-refractivity contribution is 0.146. The fourth-order valence-corrected chi connectivity index (χ4v) is 4.60. The van der Waals surface area contributed by atoms with Gasteiger partial charge >= 0.3 is 0 Å². The van der Waals surface area contributed by atoms with Crippen molar-refractivity contribution in [2.24, 2.45) is 0 Å². The molecule has 0 radical (unpaired) electrons. The Morgan fingerprint density at radius 1 is 0.962 bits per heavy atom. The number of nitrogens with zero attached hydrogens (tertiary/aromatic N) is 2. The zero-order chi connectivity index (χ0) is 18.7. The number of hydrogen-bond donors (Lipinski definition) is 0. The van der Waals surface area contributed by atoms with Gasteiger partial charge in [-0.1, -0.05) is 12.1 Å². The SMILES string of the molecule is COc1ccc(S(=O)(=O)N2CCN([C@H](C)c3ccc(F)cc3)CC2)cc1. The summed E-state index contributed by atoms with van der Waals surface area (Å²) in [5.74, 6) is 0.373. The summed E-state index contributed by atoms with van der Waals surface area (Å²) in [6.45, 7) is 4.18. The van der Waals surface area contributed by atoms with Crippen LogP contribution in [0.5, 0.6) is 5.75 Å². The van der Waals surface area contributed by atoms with Crippen molar-refractivity contribution in [2.45, 2.75) is 17.9 Å². The van der Waals surface area contributed by atoms with Gasteiger partial charge in [0.05, 0.1) is 12.0 Å². The maximum atomic E-state index is 13.1. The highest BCUT2D eigenvalue weighted by atomic mass is 32.2. The highest BCUT2D eigenvalue weighted by molar-refractivity contribution is 7.89. The smallest absolute Gasteiger partial charge is 0.243 e. The number of hydrogen-bond acceptors (Lipinski definition) is 4. The van der Waals surface area contributed by atoms with Crippen LogP contribution in [0.2, 0.25) is 0 Å². The van der Waals surface area contributed by atoms with E-state index in [0.717, 1.165) is 5.56 Å². The first-order valence-corrected chi connectivity index (χ1v) is 9.99. The van der Waals surface area contributed by atoms with E-state index in [1.807, 2.05) is 0 Å². The highest BCUT2D eigenvalue weighted by Gasteiger charge is 2.30. The molecule has 2 aromatic carbocycles. The zero-order valence-electron chi connectivity index (χ0n) is 14.9. The lowest BCUT2D eigenvalue weighted by Gasteiger charge is -2.37. The normalized spacial score (nSPS) is 17.8. The average molecular weight is 378 g/mol. The summed E-state index contributed by atoms with van der Waals surface area (Å²) in [7, 11) is -1.96. The van der Waals surface area contributed by atoms with Crippen molar-refractivity contribution in [1.82, 2.24) is 9.21 Å². The minimum Gasteiger partial charge on any atom is -0.497 e. The fourth-order valence-electron chi connectivity index (χ4n) is 3.18. The van der Waals surface area contributed by atoms with Gasteiger partial charge in [-0.05, 0) is 48.9 Å². The van der Waals surface area contributed by atoms with E-state index in [2.05, 4.69) is 11.8 Å². The molecule has 5 nitrogen and oxygen atoms in total. The summed E-state index contributed by atoms with van der Waals surface area (Å²) < 4.78 is 45.3. The molecule has 0 aliphatic carbocycles. The molecule has 2 aromatic rings. The molecule has 1 atom stereocenters. The molecule has 0 saturated carbocycles. The van der Waals surface area contributed by atoms with Gasteiger partial charge in [0.15, 0.2) is 0 Å². The molecule has 0 N–H and O–H groups in total. The van der Waals surface area contributed by atoms with E-state index in [1.165, 1.54) is 16.4 Å². The Kier molecular flexibility index (Phi) is 5.60. The van der Waals surface area contributed by atoms with Gasteiger partial charge in [-0.25, -0.2) is 12.8 Å². The van der Waals surface area contributed by atoms with Gasteiger partial charge in [0, 0.05) is 32.2 Å². The number of sulfonamides is 1. The second kappa shape index (κ2) is 7.73. The third kappa shape index (κ3) is 3.90. The molecule has 0 bridgehead atoms. The molecule has 26 heavy (non-hydrogen) atoms. The standard InChI is InChI=1S/C19H23FN2O3S/c1-15(16-3-5-17(20)6-4-16)21-11-13-22(14-12-21)26(23,24)19-9-7-18(25-2)8-10-19/h3-10,15H,11-14H2,1-2H3/t15-/m1/s1. The largest absolute Gasteiger partial charge is 0.497 e. The van der Waals surface area contributed by atoms with Crippen LogP contribution >= 0.6 is 0 Å². The number of benzene rings is 2. The Balaban J connectivity index is 1.66. The summed E-state index contributed by atoms with van der Waals surface area (Å²) in [5.41, 5.74) is 1.03. The zero-order valence-corrected chi connectivity index (χ0v) is 15.7. The number of rotatable bonds is 5. The van der Waals surface area contributed by atoms with Crippen LogP contribution in [0.3, 0.4) is 0 Å². The predicted molar refractivity (Wildman–Crippen MR) is 98.1 cm³/mol. The van der Waals surface area contributed by atoms with Gasteiger partial charge in [0.2, 0.25) is 10.0 Å². The number of methoxy groups -OCH3 is 1. The van der Waals surface area contributed by atoms with Crippen molar-refractivity contribution in [3.63, 3.8) is 0 Å². The van der Waals surface area contributed by atoms with Crippen LogP contribution in [0, 0.1) is 5.82 Å². The van der Waals surface area contributed by atoms with Crippen molar-refractivity contribution >= 4 is 10.0 Å². The minimum absolute atomic E-state index is 0.112. The van der Waals surface area contributed by atoms with E-state index in [1.54, 1.807) is 43.5 Å². The van der Waals surface area contributed by atoms with E-state index in [4.69, 9.17) is 4.74 Å². The van der Waals surface area contributed by atoms with E-state index in [-0.39, 0.29) is 16.8 Å². The van der Waals surface area contributed by atoms with Crippen molar-refractivity contribution in [1.29, 1.82) is 0 Å². The van der Waals surface area contributed by atoms with Gasteiger partial charge in [-0.15, -0.1) is 0 Å². The first kappa shape index (κ1) is 18.8. The molecular weight excluding hydrogens is 355 g/mol. The summed E-state index contributed by atoms with van der Waals surface area (Å²) in [4.78, 5) is 2.49. The van der Waals surface area contributed by atoms with Crippen LogP contribution in [0.4, 0.5) is 4.39 Å². The van der Waals surface area contributed by atoms with Gasteiger partial charge in [0.1, 0.15) is 11.6 Å². The van der Waals surface area contributed by atoms with Crippen LogP contribution in [-0.2, 0) is 10.0 Å². The maximum absolute atomic E-state index is 13.1. The van der Waals surface area contributed by atoms with Crippen molar-refractivity contribution in [3.05, 3.63) is 59.9 Å². The molecule has 1 fully saturated rings. The lowest BCUT2D eigenvalue weighted by Crippen LogP contribution is -2.49. The van der Waals surface area contributed by atoms with E-state index in [9.17, 15) is 12.8 Å². The molecule has 0 amide bonds. The van der Waals surface area contributed by atoms with Gasteiger partial charge in [0.25, 0.3) is 0 Å². The van der Waals surface area contributed by atoms with Gasteiger partial charge < -0.3 is 4.74 Å². The Morgan fingerprint density at radius 3 is 2.08 bits per heavy atom. The molecule has 1 saturated heterocycles. The first-order valence-electron chi connectivity index (χ1n) is 8.55. The van der Waals surface area contributed by atoms with Crippen LogP contribution in [0.25, 0.3) is 0 Å². The average Bonchev–Trinajstić information content (AvgIpc) is 2.68. The molecular formula is C19H23FN2O3S. The summed E-state index contributed by atoms with van der Waals surface area (Å²) >= 11 is 0.